The van der Waals surface area contributed by atoms with Crippen LogP contribution >= 0.6 is 0 Å². The van der Waals surface area contributed by atoms with Crippen molar-refractivity contribution in [2.75, 3.05) is 0 Å². The monoisotopic (exact) mass is 168 g/mol. The minimum Gasteiger partial charge on any atom is -0.288 e. The summed E-state index contributed by atoms with van der Waals surface area (Å²) in [5, 5.41) is 4.13. The van der Waals surface area contributed by atoms with E-state index in [4.69, 9.17) is 0 Å². The van der Waals surface area contributed by atoms with Crippen molar-refractivity contribution in [2.45, 2.75) is 32.6 Å². The summed E-state index contributed by atoms with van der Waals surface area (Å²) >= 11 is 0. The van der Waals surface area contributed by atoms with Crippen LogP contribution in [0.2, 0.25) is 0 Å². The Morgan fingerprint density at radius 2 is 2.00 bits per heavy atom. The van der Waals surface area contributed by atoms with Gasteiger partial charge in [-0.15, -0.1) is 10.6 Å². The zero-order valence-electron chi connectivity index (χ0n) is 7.43. The molecule has 4 heteroatoms. The summed E-state index contributed by atoms with van der Waals surface area (Å²) in [7, 11) is 0. The molecule has 1 saturated carbocycles. The molecule has 0 radical (unpaired) electrons. The summed E-state index contributed by atoms with van der Waals surface area (Å²) in [6.45, 7) is 2.33. The van der Waals surface area contributed by atoms with E-state index >= 15 is 0 Å². The molecule has 0 aromatic rings. The third kappa shape index (κ3) is 1.53. The molecule has 1 aliphatic heterocycles. The Balaban J connectivity index is 1.88. The van der Waals surface area contributed by atoms with Crippen LogP contribution in [-0.2, 0) is 0 Å². The maximum absolute atomic E-state index is 4.13. The highest BCUT2D eigenvalue weighted by molar-refractivity contribution is 5.84. The number of hydrogen-bond donors (Lipinski definition) is 3. The van der Waals surface area contributed by atoms with E-state index in [1.807, 2.05) is 0 Å². The highest BCUT2D eigenvalue weighted by atomic mass is 15.8. The fourth-order valence-corrected chi connectivity index (χ4v) is 1.93. The predicted octanol–water partition coefficient (Wildman–Crippen LogP) is 0.739. The van der Waals surface area contributed by atoms with Gasteiger partial charge in [0.2, 0.25) is 0 Å². The standard InChI is InChI=1S/C8H16N4/c1-6-2-4-7(5-3-6)8-9-11-12-10-8/h6-7,11-12H,2-5H2,1H3,(H,9,10). The molecule has 1 heterocycles. The third-order valence-electron chi connectivity index (χ3n) is 2.83. The van der Waals surface area contributed by atoms with Gasteiger partial charge in [0.05, 0.1) is 0 Å². The maximum atomic E-state index is 4.13. The lowest BCUT2D eigenvalue weighted by Crippen LogP contribution is -2.38. The molecule has 12 heavy (non-hydrogen) atoms. The number of amidine groups is 1. The topological polar surface area (TPSA) is 48.5 Å². The fourth-order valence-electron chi connectivity index (χ4n) is 1.93. The van der Waals surface area contributed by atoms with Gasteiger partial charge in [-0.1, -0.05) is 19.8 Å². The minimum atomic E-state index is 0.642. The number of hydrazone groups is 1. The molecule has 68 valence electrons. The molecular formula is C8H16N4. The smallest absolute Gasteiger partial charge is 0.142 e. The summed E-state index contributed by atoms with van der Waals surface area (Å²) in [4.78, 5) is 0. The lowest BCUT2D eigenvalue weighted by molar-refractivity contribution is 0.340. The number of hydrogen-bond acceptors (Lipinski definition) is 4. The van der Waals surface area contributed by atoms with Crippen LogP contribution < -0.4 is 16.5 Å². The molecule has 0 spiro atoms. The van der Waals surface area contributed by atoms with E-state index in [1.54, 1.807) is 0 Å². The summed E-state index contributed by atoms with van der Waals surface area (Å²) in [6.07, 6.45) is 5.23. The van der Waals surface area contributed by atoms with Crippen LogP contribution in [0.15, 0.2) is 5.10 Å². The second kappa shape index (κ2) is 3.31. The van der Waals surface area contributed by atoms with Crippen LogP contribution in [0, 0.1) is 11.8 Å². The van der Waals surface area contributed by atoms with Gasteiger partial charge in [0.1, 0.15) is 5.84 Å². The van der Waals surface area contributed by atoms with Crippen LogP contribution in [0.5, 0.6) is 0 Å². The number of nitrogens with one attached hydrogen (secondary N) is 3. The van der Waals surface area contributed by atoms with Crippen LogP contribution in [0.3, 0.4) is 0 Å². The molecule has 0 aromatic carbocycles. The molecule has 1 fully saturated rings. The Hall–Kier alpha value is -0.770. The van der Waals surface area contributed by atoms with Gasteiger partial charge in [-0.2, -0.15) is 0 Å². The van der Waals surface area contributed by atoms with E-state index in [2.05, 4.69) is 28.5 Å². The van der Waals surface area contributed by atoms with E-state index in [0.717, 1.165) is 11.8 Å². The van der Waals surface area contributed by atoms with Crippen molar-refractivity contribution in [3.8, 4) is 0 Å². The first-order valence-corrected chi connectivity index (χ1v) is 4.70. The van der Waals surface area contributed by atoms with Crippen molar-refractivity contribution >= 4 is 5.84 Å². The molecule has 4 nitrogen and oxygen atoms in total. The van der Waals surface area contributed by atoms with E-state index in [1.165, 1.54) is 25.7 Å². The normalized spacial score (nSPS) is 35.2. The molecule has 0 atom stereocenters. The molecule has 2 rings (SSSR count). The van der Waals surface area contributed by atoms with Crippen molar-refractivity contribution in [1.82, 2.24) is 16.5 Å². The maximum Gasteiger partial charge on any atom is 0.142 e. The molecule has 3 N–H and O–H groups in total. The van der Waals surface area contributed by atoms with Crippen LogP contribution in [-0.4, -0.2) is 5.84 Å². The SMILES string of the molecule is CC1CCC(C2=NNNN2)CC1. The first kappa shape index (κ1) is 7.86. The van der Waals surface area contributed by atoms with E-state index < -0.39 is 0 Å². The Morgan fingerprint density at radius 1 is 1.25 bits per heavy atom. The van der Waals surface area contributed by atoms with Crippen molar-refractivity contribution in [3.05, 3.63) is 0 Å². The number of hydrazine groups is 2. The zero-order valence-corrected chi connectivity index (χ0v) is 7.43. The van der Waals surface area contributed by atoms with Gasteiger partial charge in [0.15, 0.2) is 0 Å². The lowest BCUT2D eigenvalue weighted by Gasteiger charge is -2.25. The molecule has 0 amide bonds. The van der Waals surface area contributed by atoms with Crippen molar-refractivity contribution < 1.29 is 0 Å². The Bertz CT molecular complexity index is 181. The van der Waals surface area contributed by atoms with Gasteiger partial charge in [0.25, 0.3) is 0 Å². The summed E-state index contributed by atoms with van der Waals surface area (Å²) < 4.78 is 0. The Labute approximate surface area is 72.7 Å². The van der Waals surface area contributed by atoms with Gasteiger partial charge in [-0.05, 0) is 18.8 Å². The Morgan fingerprint density at radius 3 is 2.58 bits per heavy atom. The highest BCUT2D eigenvalue weighted by Crippen LogP contribution is 2.28. The average molecular weight is 168 g/mol. The second-order valence-electron chi connectivity index (χ2n) is 3.82. The third-order valence-corrected chi connectivity index (χ3v) is 2.83. The fraction of sp³-hybridized carbons (Fsp3) is 0.875. The number of nitrogens with zero attached hydrogens (tertiary/aromatic N) is 1. The first-order chi connectivity index (χ1) is 5.86. The Kier molecular flexibility index (Phi) is 2.17. The van der Waals surface area contributed by atoms with Gasteiger partial charge >= 0.3 is 0 Å². The highest BCUT2D eigenvalue weighted by Gasteiger charge is 2.24. The van der Waals surface area contributed by atoms with Crippen molar-refractivity contribution in [3.63, 3.8) is 0 Å². The lowest BCUT2D eigenvalue weighted by atomic mass is 9.82. The molecule has 0 saturated heterocycles. The van der Waals surface area contributed by atoms with Gasteiger partial charge in [-0.25, -0.2) is 5.53 Å². The average Bonchev–Trinajstić information content (AvgIpc) is 2.58. The molecular weight excluding hydrogens is 152 g/mol. The number of rotatable bonds is 1. The van der Waals surface area contributed by atoms with Gasteiger partial charge in [0, 0.05) is 5.92 Å². The quantitative estimate of drug-likeness (QED) is 0.541. The summed E-state index contributed by atoms with van der Waals surface area (Å²) in [5.41, 5.74) is 8.51. The van der Waals surface area contributed by atoms with Crippen LogP contribution in [0.1, 0.15) is 32.6 Å². The molecule has 0 unspecified atom stereocenters. The molecule has 1 aliphatic carbocycles. The zero-order chi connectivity index (χ0) is 8.39. The first-order valence-electron chi connectivity index (χ1n) is 4.70. The molecule has 0 aromatic heterocycles. The van der Waals surface area contributed by atoms with Crippen molar-refractivity contribution in [2.24, 2.45) is 16.9 Å². The van der Waals surface area contributed by atoms with E-state index in [9.17, 15) is 0 Å². The van der Waals surface area contributed by atoms with Gasteiger partial charge < -0.3 is 0 Å². The van der Waals surface area contributed by atoms with Crippen LogP contribution in [0.25, 0.3) is 0 Å². The van der Waals surface area contributed by atoms with Crippen LogP contribution in [0.4, 0.5) is 0 Å². The molecule has 2 aliphatic rings. The van der Waals surface area contributed by atoms with E-state index in [-0.39, 0.29) is 0 Å². The predicted molar refractivity (Wildman–Crippen MR) is 48.0 cm³/mol. The summed E-state index contributed by atoms with van der Waals surface area (Å²) in [5.74, 6) is 2.63. The summed E-state index contributed by atoms with van der Waals surface area (Å²) in [6, 6.07) is 0. The molecule has 0 bridgehead atoms. The van der Waals surface area contributed by atoms with Gasteiger partial charge in [-0.3, -0.25) is 5.43 Å². The minimum absolute atomic E-state index is 0.642. The van der Waals surface area contributed by atoms with E-state index in [0.29, 0.717) is 5.92 Å². The second-order valence-corrected chi connectivity index (χ2v) is 3.82. The van der Waals surface area contributed by atoms with Crippen molar-refractivity contribution in [1.29, 1.82) is 0 Å². The largest absolute Gasteiger partial charge is 0.288 e.